The minimum Gasteiger partial charge on any atom is -0.375 e. The van der Waals surface area contributed by atoms with Gasteiger partial charge < -0.3 is 4.90 Å². The van der Waals surface area contributed by atoms with Gasteiger partial charge in [-0.2, -0.15) is 0 Å². The summed E-state index contributed by atoms with van der Waals surface area (Å²) < 4.78 is 40.2. The zero-order valence-corrected chi connectivity index (χ0v) is 13.5. The summed E-state index contributed by atoms with van der Waals surface area (Å²) in [6, 6.07) is 1.87. The normalized spacial score (nSPS) is 19.4. The molecule has 1 aliphatic rings. The summed E-state index contributed by atoms with van der Waals surface area (Å²) in [5.74, 6) is -2.61. The Morgan fingerprint density at radius 2 is 1.96 bits per heavy atom. The second kappa shape index (κ2) is 8.36. The molecule has 1 fully saturated rings. The van der Waals surface area contributed by atoms with Crippen LogP contribution in [0.5, 0.6) is 0 Å². The summed E-state index contributed by atoms with van der Waals surface area (Å²) in [6.07, 6.45) is 4.89. The average molecular weight is 327 g/mol. The van der Waals surface area contributed by atoms with Gasteiger partial charge in [0.15, 0.2) is 0 Å². The molecule has 0 saturated carbocycles. The number of halogens is 3. The fraction of sp³-hybridized carbons (Fsp3) is 0.529. The average Bonchev–Trinajstić information content (AvgIpc) is 2.73. The van der Waals surface area contributed by atoms with Gasteiger partial charge in [0.2, 0.25) is 0 Å². The number of rotatable bonds is 6. The molecule has 1 saturated heterocycles. The van der Waals surface area contributed by atoms with Crippen molar-refractivity contribution in [2.45, 2.75) is 38.8 Å². The van der Waals surface area contributed by atoms with E-state index >= 15 is 0 Å². The highest BCUT2D eigenvalue weighted by atomic mass is 19.1. The van der Waals surface area contributed by atoms with Crippen LogP contribution in [0.4, 0.5) is 13.2 Å². The summed E-state index contributed by atoms with van der Waals surface area (Å²) in [4.78, 5) is 2.23. The molecule has 2 rings (SSSR count). The number of hydrogen-bond donors (Lipinski definition) is 1. The number of nitrogens with one attached hydrogen (secondary N) is 1. The van der Waals surface area contributed by atoms with Crippen LogP contribution in [0.25, 0.3) is 0 Å². The zero-order valence-electron chi connectivity index (χ0n) is 13.5. The number of hydrazine groups is 1. The van der Waals surface area contributed by atoms with Gasteiger partial charge in [-0.05, 0) is 32.4 Å². The van der Waals surface area contributed by atoms with Crippen molar-refractivity contribution in [3.63, 3.8) is 0 Å². The fourth-order valence-corrected chi connectivity index (χ4v) is 3.04. The van der Waals surface area contributed by atoms with Crippen LogP contribution in [0.1, 0.15) is 31.7 Å². The number of nitrogens with zero attached hydrogens (tertiary/aromatic N) is 2. The van der Waals surface area contributed by atoms with E-state index in [9.17, 15) is 13.2 Å². The molecule has 1 N–H and O–H groups in total. The molecule has 0 amide bonds. The first-order chi connectivity index (χ1) is 11.0. The SMILES string of the molecule is C=CN(CC)C1CCCN(NCc2c(F)cc(F)cc2F)CC1. The highest BCUT2D eigenvalue weighted by Crippen LogP contribution is 2.18. The summed E-state index contributed by atoms with van der Waals surface area (Å²) in [5, 5.41) is 1.99. The molecule has 6 heteroatoms. The third kappa shape index (κ3) is 4.72. The van der Waals surface area contributed by atoms with Crippen LogP contribution in [0.2, 0.25) is 0 Å². The highest BCUT2D eigenvalue weighted by molar-refractivity contribution is 5.20. The molecule has 1 aromatic rings. The molecular formula is C17H24F3N3. The molecule has 0 aromatic heterocycles. The van der Waals surface area contributed by atoms with E-state index in [4.69, 9.17) is 0 Å². The third-order valence-electron chi connectivity index (χ3n) is 4.35. The lowest BCUT2D eigenvalue weighted by molar-refractivity contribution is 0.181. The van der Waals surface area contributed by atoms with E-state index < -0.39 is 17.5 Å². The van der Waals surface area contributed by atoms with Gasteiger partial charge in [0, 0.05) is 49.9 Å². The van der Waals surface area contributed by atoms with E-state index in [1.54, 1.807) is 0 Å². The van der Waals surface area contributed by atoms with Crippen molar-refractivity contribution in [3.8, 4) is 0 Å². The van der Waals surface area contributed by atoms with Crippen molar-refractivity contribution < 1.29 is 13.2 Å². The second-order valence-electron chi connectivity index (χ2n) is 5.77. The highest BCUT2D eigenvalue weighted by Gasteiger charge is 2.20. The maximum absolute atomic E-state index is 13.6. The standard InChI is InChI=1S/C17H24F3N3/c1-3-22(4-2)14-6-5-8-23(9-7-14)21-12-15-16(19)10-13(18)11-17(15)20/h3,10-11,14,21H,1,4-9,12H2,2H3. The van der Waals surface area contributed by atoms with Gasteiger partial charge in [-0.15, -0.1) is 0 Å². The lowest BCUT2D eigenvalue weighted by atomic mass is 10.1. The topological polar surface area (TPSA) is 18.5 Å². The monoisotopic (exact) mass is 327 g/mol. The molecule has 1 atom stereocenters. The number of benzene rings is 1. The van der Waals surface area contributed by atoms with Crippen LogP contribution in [0, 0.1) is 17.5 Å². The summed E-state index contributed by atoms with van der Waals surface area (Å²) in [7, 11) is 0. The molecule has 128 valence electrons. The van der Waals surface area contributed by atoms with Crippen molar-refractivity contribution in [2.75, 3.05) is 19.6 Å². The summed E-state index contributed by atoms with van der Waals surface area (Å²) >= 11 is 0. The molecule has 0 aliphatic carbocycles. The molecule has 23 heavy (non-hydrogen) atoms. The summed E-state index contributed by atoms with van der Waals surface area (Å²) in [6.45, 7) is 8.49. The van der Waals surface area contributed by atoms with Gasteiger partial charge in [0.1, 0.15) is 17.5 Å². The van der Waals surface area contributed by atoms with Gasteiger partial charge in [0.05, 0.1) is 0 Å². The molecule has 0 bridgehead atoms. The molecular weight excluding hydrogens is 303 g/mol. The Hall–Kier alpha value is -1.53. The van der Waals surface area contributed by atoms with E-state index in [1.807, 2.05) is 11.2 Å². The van der Waals surface area contributed by atoms with Gasteiger partial charge >= 0.3 is 0 Å². The second-order valence-corrected chi connectivity index (χ2v) is 5.77. The van der Waals surface area contributed by atoms with E-state index in [0.29, 0.717) is 18.2 Å². The molecule has 1 heterocycles. The Morgan fingerprint density at radius 3 is 2.57 bits per heavy atom. The molecule has 0 spiro atoms. The van der Waals surface area contributed by atoms with E-state index in [0.717, 1.165) is 38.9 Å². The van der Waals surface area contributed by atoms with Crippen LogP contribution in [-0.4, -0.2) is 35.6 Å². The van der Waals surface area contributed by atoms with Crippen molar-refractivity contribution in [1.82, 2.24) is 15.3 Å². The zero-order chi connectivity index (χ0) is 16.8. The smallest absolute Gasteiger partial charge is 0.133 e. The number of hydrogen-bond acceptors (Lipinski definition) is 3. The Balaban J connectivity index is 1.91. The van der Waals surface area contributed by atoms with Crippen molar-refractivity contribution >= 4 is 0 Å². The Morgan fingerprint density at radius 1 is 1.26 bits per heavy atom. The summed E-state index contributed by atoms with van der Waals surface area (Å²) in [5.41, 5.74) is 2.93. The predicted molar refractivity (Wildman–Crippen MR) is 84.9 cm³/mol. The van der Waals surface area contributed by atoms with Crippen molar-refractivity contribution in [1.29, 1.82) is 0 Å². The minimum atomic E-state index is -0.898. The quantitative estimate of drug-likeness (QED) is 0.864. The first-order valence-electron chi connectivity index (χ1n) is 8.05. The van der Waals surface area contributed by atoms with Crippen LogP contribution in [0.3, 0.4) is 0 Å². The minimum absolute atomic E-state index is 0.0154. The molecule has 1 aromatic carbocycles. The van der Waals surface area contributed by atoms with Crippen LogP contribution in [0.15, 0.2) is 24.9 Å². The van der Waals surface area contributed by atoms with Crippen molar-refractivity contribution in [2.24, 2.45) is 0 Å². The van der Waals surface area contributed by atoms with E-state index in [1.165, 1.54) is 0 Å². The fourth-order valence-electron chi connectivity index (χ4n) is 3.04. The maximum atomic E-state index is 13.6. The van der Waals surface area contributed by atoms with Crippen LogP contribution < -0.4 is 5.43 Å². The first-order valence-corrected chi connectivity index (χ1v) is 8.05. The predicted octanol–water partition coefficient (Wildman–Crippen LogP) is 3.43. The Labute approximate surface area is 135 Å². The van der Waals surface area contributed by atoms with Crippen molar-refractivity contribution in [3.05, 3.63) is 47.9 Å². The molecule has 0 radical (unpaired) electrons. The first kappa shape index (κ1) is 17.8. The van der Waals surface area contributed by atoms with Gasteiger partial charge in [-0.1, -0.05) is 6.58 Å². The van der Waals surface area contributed by atoms with Crippen LogP contribution in [-0.2, 0) is 6.54 Å². The Bertz CT molecular complexity index is 513. The van der Waals surface area contributed by atoms with E-state index in [-0.39, 0.29) is 12.1 Å². The Kier molecular flexibility index (Phi) is 6.47. The van der Waals surface area contributed by atoms with Gasteiger partial charge in [-0.3, -0.25) is 5.43 Å². The third-order valence-corrected chi connectivity index (χ3v) is 4.35. The maximum Gasteiger partial charge on any atom is 0.133 e. The van der Waals surface area contributed by atoms with E-state index in [2.05, 4.69) is 23.8 Å². The molecule has 1 aliphatic heterocycles. The lowest BCUT2D eigenvalue weighted by Gasteiger charge is -2.28. The molecule has 1 unspecified atom stereocenters. The van der Waals surface area contributed by atoms with Crippen LogP contribution >= 0.6 is 0 Å². The van der Waals surface area contributed by atoms with Gasteiger partial charge in [0.25, 0.3) is 0 Å². The van der Waals surface area contributed by atoms with Gasteiger partial charge in [-0.25, -0.2) is 18.2 Å². The lowest BCUT2D eigenvalue weighted by Crippen LogP contribution is -2.39. The largest absolute Gasteiger partial charge is 0.375 e. The molecule has 3 nitrogen and oxygen atoms in total.